The molecule has 4 aromatic rings. The van der Waals surface area contributed by atoms with E-state index in [9.17, 15) is 17.6 Å². The number of nitrogens with zero attached hydrogens (tertiary/aromatic N) is 5. The van der Waals surface area contributed by atoms with Gasteiger partial charge < -0.3 is 0 Å². The second-order valence-corrected chi connectivity index (χ2v) is 7.82. The van der Waals surface area contributed by atoms with Crippen LogP contribution in [0.25, 0.3) is 17.2 Å². The molecule has 4 rings (SSSR count). The summed E-state index contributed by atoms with van der Waals surface area (Å²) in [7, 11) is 0. The van der Waals surface area contributed by atoms with Crippen molar-refractivity contribution in [2.24, 2.45) is 0 Å². The average Bonchev–Trinajstić information content (AvgIpc) is 3.27. The molecular formula is C23H19F4N5. The maximum atomic E-state index is 13.6. The van der Waals surface area contributed by atoms with Crippen LogP contribution in [0.15, 0.2) is 60.8 Å². The molecular weight excluding hydrogens is 422 g/mol. The number of rotatable bonds is 4. The quantitative estimate of drug-likeness (QED) is 0.392. The molecule has 0 atom stereocenters. The first kappa shape index (κ1) is 21.6. The smallest absolute Gasteiger partial charge is 0.250 e. The number of aromatic nitrogens is 5. The zero-order valence-electron chi connectivity index (χ0n) is 17.5. The Labute approximate surface area is 181 Å². The fourth-order valence-corrected chi connectivity index (χ4v) is 3.25. The van der Waals surface area contributed by atoms with E-state index in [-0.39, 0.29) is 11.5 Å². The van der Waals surface area contributed by atoms with Crippen LogP contribution in [0.4, 0.5) is 17.6 Å². The van der Waals surface area contributed by atoms with Gasteiger partial charge in [0.1, 0.15) is 5.82 Å². The van der Waals surface area contributed by atoms with Crippen LogP contribution >= 0.6 is 0 Å². The van der Waals surface area contributed by atoms with Crippen molar-refractivity contribution in [3.63, 3.8) is 0 Å². The minimum absolute atomic E-state index is 0.262. The molecule has 0 unspecified atom stereocenters. The van der Waals surface area contributed by atoms with Crippen molar-refractivity contribution < 1.29 is 17.6 Å². The Morgan fingerprint density at radius 3 is 2.06 bits per heavy atom. The van der Waals surface area contributed by atoms with E-state index < -0.39 is 23.1 Å². The van der Waals surface area contributed by atoms with Crippen molar-refractivity contribution in [2.45, 2.75) is 32.4 Å². The molecule has 4 aromatic heterocycles. The van der Waals surface area contributed by atoms with E-state index in [1.807, 2.05) is 26.0 Å². The van der Waals surface area contributed by atoms with Gasteiger partial charge in [-0.25, -0.2) is 19.0 Å². The highest BCUT2D eigenvalue weighted by atomic mass is 19.4. The van der Waals surface area contributed by atoms with Gasteiger partial charge in [-0.05, 0) is 63.2 Å². The number of pyridine rings is 3. The van der Waals surface area contributed by atoms with Crippen molar-refractivity contribution in [1.82, 2.24) is 24.7 Å². The van der Waals surface area contributed by atoms with E-state index in [1.54, 1.807) is 37.3 Å². The van der Waals surface area contributed by atoms with Gasteiger partial charge in [0.2, 0.25) is 0 Å². The van der Waals surface area contributed by atoms with E-state index in [0.29, 0.717) is 22.8 Å². The second kappa shape index (κ2) is 7.81. The van der Waals surface area contributed by atoms with Crippen molar-refractivity contribution in [3.05, 3.63) is 89.4 Å². The molecule has 0 fully saturated rings. The minimum atomic E-state index is -4.53. The standard InChI is InChI=1S/C23H19F4N5/c1-14-15(24)10-11-17(28-14)16-6-4-7-18(29-16)22(2,3)19-8-5-9-21(30-19)32-13-12-20(31-32)23(25,26)27/h4-13H,1-3H3. The highest BCUT2D eigenvalue weighted by Gasteiger charge is 2.34. The predicted octanol–water partition coefficient (Wildman–Crippen LogP) is 5.52. The van der Waals surface area contributed by atoms with Crippen LogP contribution in [0.5, 0.6) is 0 Å². The molecule has 0 saturated heterocycles. The summed E-state index contributed by atoms with van der Waals surface area (Å²) in [6.07, 6.45) is -3.30. The first-order chi connectivity index (χ1) is 15.1. The first-order valence-corrected chi connectivity index (χ1v) is 9.77. The first-order valence-electron chi connectivity index (χ1n) is 9.77. The van der Waals surface area contributed by atoms with Crippen molar-refractivity contribution in [2.75, 3.05) is 0 Å². The van der Waals surface area contributed by atoms with Gasteiger partial charge in [0.15, 0.2) is 11.5 Å². The molecule has 4 heterocycles. The maximum Gasteiger partial charge on any atom is 0.435 e. The molecule has 0 radical (unpaired) electrons. The molecule has 0 N–H and O–H groups in total. The molecule has 0 spiro atoms. The summed E-state index contributed by atoms with van der Waals surface area (Å²) in [5.41, 5.74) is 1.02. The molecule has 0 aliphatic carbocycles. The average molecular weight is 441 g/mol. The van der Waals surface area contributed by atoms with Gasteiger partial charge in [0.05, 0.1) is 28.5 Å². The van der Waals surface area contributed by atoms with E-state index >= 15 is 0 Å². The van der Waals surface area contributed by atoms with Crippen LogP contribution in [0.3, 0.4) is 0 Å². The molecule has 0 aromatic carbocycles. The molecule has 164 valence electrons. The Bertz CT molecular complexity index is 1280. The van der Waals surface area contributed by atoms with E-state index in [2.05, 4.69) is 15.1 Å². The summed E-state index contributed by atoms with van der Waals surface area (Å²) < 4.78 is 53.4. The highest BCUT2D eigenvalue weighted by molar-refractivity contribution is 5.55. The number of hydrogen-bond acceptors (Lipinski definition) is 4. The SMILES string of the molecule is Cc1nc(-c2cccc(C(C)(C)c3cccc(-n4ccc(C(F)(F)F)n4)n3)n2)ccc1F. The Balaban J connectivity index is 1.70. The number of halogens is 4. The summed E-state index contributed by atoms with van der Waals surface area (Å²) in [5.74, 6) is -0.128. The zero-order valence-corrected chi connectivity index (χ0v) is 17.5. The third-order valence-electron chi connectivity index (χ3n) is 5.16. The maximum absolute atomic E-state index is 13.6. The van der Waals surface area contributed by atoms with Gasteiger partial charge in [-0.1, -0.05) is 12.1 Å². The van der Waals surface area contributed by atoms with Crippen LogP contribution in [0.2, 0.25) is 0 Å². The number of aryl methyl sites for hydroxylation is 1. The molecule has 0 bridgehead atoms. The predicted molar refractivity (Wildman–Crippen MR) is 111 cm³/mol. The molecule has 9 heteroatoms. The van der Waals surface area contributed by atoms with Gasteiger partial charge in [0, 0.05) is 11.6 Å². The van der Waals surface area contributed by atoms with E-state index in [4.69, 9.17) is 4.98 Å². The number of hydrogen-bond donors (Lipinski definition) is 0. The van der Waals surface area contributed by atoms with Crippen molar-refractivity contribution in [1.29, 1.82) is 0 Å². The summed E-state index contributed by atoms with van der Waals surface area (Å²) in [4.78, 5) is 13.5. The van der Waals surface area contributed by atoms with Crippen molar-refractivity contribution in [3.8, 4) is 17.2 Å². The van der Waals surface area contributed by atoms with Crippen LogP contribution in [0, 0.1) is 12.7 Å². The molecule has 5 nitrogen and oxygen atoms in total. The normalized spacial score (nSPS) is 12.2. The van der Waals surface area contributed by atoms with Crippen LogP contribution < -0.4 is 0 Å². The van der Waals surface area contributed by atoms with Gasteiger partial charge in [-0.2, -0.15) is 18.3 Å². The monoisotopic (exact) mass is 441 g/mol. The van der Waals surface area contributed by atoms with E-state index in [0.717, 1.165) is 10.7 Å². The lowest BCUT2D eigenvalue weighted by atomic mass is 9.84. The summed E-state index contributed by atoms with van der Waals surface area (Å²) in [5, 5.41) is 3.59. The van der Waals surface area contributed by atoms with Crippen LogP contribution in [-0.4, -0.2) is 24.7 Å². The van der Waals surface area contributed by atoms with Crippen LogP contribution in [0.1, 0.15) is 36.6 Å². The fourth-order valence-electron chi connectivity index (χ4n) is 3.25. The Morgan fingerprint density at radius 2 is 1.41 bits per heavy atom. The lowest BCUT2D eigenvalue weighted by Gasteiger charge is -2.24. The molecule has 0 aliphatic rings. The van der Waals surface area contributed by atoms with Gasteiger partial charge >= 0.3 is 6.18 Å². The van der Waals surface area contributed by atoms with Crippen molar-refractivity contribution >= 4 is 0 Å². The van der Waals surface area contributed by atoms with E-state index in [1.165, 1.54) is 12.3 Å². The van der Waals surface area contributed by atoms with Gasteiger partial charge in [-0.15, -0.1) is 0 Å². The lowest BCUT2D eigenvalue weighted by Crippen LogP contribution is -2.23. The largest absolute Gasteiger partial charge is 0.435 e. The Hall–Kier alpha value is -3.62. The zero-order chi connectivity index (χ0) is 23.1. The Kier molecular flexibility index (Phi) is 5.28. The fraction of sp³-hybridized carbons (Fsp3) is 0.217. The third-order valence-corrected chi connectivity index (χ3v) is 5.16. The minimum Gasteiger partial charge on any atom is -0.250 e. The second-order valence-electron chi connectivity index (χ2n) is 7.82. The summed E-state index contributed by atoms with van der Waals surface area (Å²) in [6.45, 7) is 5.42. The topological polar surface area (TPSA) is 56.5 Å². The van der Waals surface area contributed by atoms with Gasteiger partial charge in [0.25, 0.3) is 0 Å². The lowest BCUT2D eigenvalue weighted by molar-refractivity contribution is -0.141. The molecule has 0 amide bonds. The molecule has 0 aliphatic heterocycles. The number of alkyl halides is 3. The summed E-state index contributed by atoms with van der Waals surface area (Å²) in [6, 6.07) is 14.3. The Morgan fingerprint density at radius 1 is 0.750 bits per heavy atom. The summed E-state index contributed by atoms with van der Waals surface area (Å²) >= 11 is 0. The van der Waals surface area contributed by atoms with Gasteiger partial charge in [-0.3, -0.25) is 4.98 Å². The highest BCUT2D eigenvalue weighted by Crippen LogP contribution is 2.31. The molecule has 32 heavy (non-hydrogen) atoms. The third kappa shape index (κ3) is 4.10. The van der Waals surface area contributed by atoms with Crippen LogP contribution in [-0.2, 0) is 11.6 Å². The molecule has 0 saturated carbocycles.